The van der Waals surface area contributed by atoms with E-state index in [0.29, 0.717) is 24.9 Å². The molecule has 6 heteroatoms. The lowest BCUT2D eigenvalue weighted by Crippen LogP contribution is -2.28. The third kappa shape index (κ3) is 5.69. The van der Waals surface area contributed by atoms with Gasteiger partial charge in [-0.2, -0.15) is 0 Å². The number of carboxylic acid groups (broad SMARTS) is 1. The molecular weight excluding hydrogens is 260 g/mol. The van der Waals surface area contributed by atoms with Crippen LogP contribution in [0.3, 0.4) is 0 Å². The molecule has 1 heterocycles. The summed E-state index contributed by atoms with van der Waals surface area (Å²) in [4.78, 5) is 26.1. The summed E-state index contributed by atoms with van der Waals surface area (Å²) in [5.74, 6) is -1.17. The number of carbonyl (C=O) groups is 2. The Balaban J connectivity index is 2.40. The molecule has 20 heavy (non-hydrogen) atoms. The number of nitrogens with zero attached hydrogens (tertiary/aromatic N) is 1. The van der Waals surface area contributed by atoms with Crippen molar-refractivity contribution in [2.75, 3.05) is 6.54 Å². The summed E-state index contributed by atoms with van der Waals surface area (Å²) in [7, 11) is 0. The number of hydrogen-bond acceptors (Lipinski definition) is 4. The van der Waals surface area contributed by atoms with Gasteiger partial charge in [0, 0.05) is 19.2 Å². The highest BCUT2D eigenvalue weighted by atomic mass is 16.4. The van der Waals surface area contributed by atoms with Gasteiger partial charge >= 0.3 is 5.97 Å². The molecule has 0 aliphatic heterocycles. The van der Waals surface area contributed by atoms with E-state index in [1.165, 1.54) is 18.5 Å². The van der Waals surface area contributed by atoms with Crippen molar-refractivity contribution in [3.8, 4) is 5.75 Å². The summed E-state index contributed by atoms with van der Waals surface area (Å²) in [6.07, 6.45) is 4.00. The highest BCUT2D eigenvalue weighted by Gasteiger charge is 2.19. The predicted molar refractivity (Wildman–Crippen MR) is 73.5 cm³/mol. The molecule has 0 fully saturated rings. The van der Waals surface area contributed by atoms with Crippen molar-refractivity contribution in [3.05, 3.63) is 24.0 Å². The summed E-state index contributed by atoms with van der Waals surface area (Å²) < 4.78 is 0. The molecule has 3 N–H and O–H groups in total. The van der Waals surface area contributed by atoms with Crippen LogP contribution in [-0.2, 0) is 4.79 Å². The highest BCUT2D eigenvalue weighted by molar-refractivity contribution is 5.94. The maximum absolute atomic E-state index is 11.8. The second kappa shape index (κ2) is 6.88. The number of aliphatic carboxylic acids is 1. The lowest BCUT2D eigenvalue weighted by atomic mass is 9.84. The molecule has 0 spiro atoms. The third-order valence-electron chi connectivity index (χ3n) is 3.09. The Morgan fingerprint density at radius 1 is 1.30 bits per heavy atom. The van der Waals surface area contributed by atoms with E-state index in [9.17, 15) is 14.7 Å². The topological polar surface area (TPSA) is 99.5 Å². The fraction of sp³-hybridized carbons (Fsp3) is 0.500. The number of pyridine rings is 1. The summed E-state index contributed by atoms with van der Waals surface area (Å²) in [5, 5.41) is 20.6. The number of carboxylic acids is 1. The molecule has 1 rings (SSSR count). The minimum absolute atomic E-state index is 0.0561. The van der Waals surface area contributed by atoms with E-state index < -0.39 is 5.97 Å². The minimum Gasteiger partial charge on any atom is -0.506 e. The molecule has 0 atom stereocenters. The van der Waals surface area contributed by atoms with Gasteiger partial charge < -0.3 is 15.5 Å². The SMILES string of the molecule is CC(C)(CCNC(=O)c1cncc(O)c1)CCC(=O)O. The van der Waals surface area contributed by atoms with E-state index >= 15 is 0 Å². The van der Waals surface area contributed by atoms with Gasteiger partial charge in [-0.3, -0.25) is 14.6 Å². The molecule has 1 amide bonds. The maximum Gasteiger partial charge on any atom is 0.303 e. The van der Waals surface area contributed by atoms with Crippen molar-refractivity contribution in [1.29, 1.82) is 0 Å². The normalized spacial score (nSPS) is 11.1. The number of aromatic nitrogens is 1. The molecule has 1 aromatic rings. The van der Waals surface area contributed by atoms with Gasteiger partial charge in [-0.25, -0.2) is 0 Å². The number of aromatic hydroxyl groups is 1. The van der Waals surface area contributed by atoms with Gasteiger partial charge in [-0.1, -0.05) is 13.8 Å². The Kier molecular flexibility index (Phi) is 5.49. The average Bonchev–Trinajstić information content (AvgIpc) is 2.36. The molecule has 0 aromatic carbocycles. The first-order chi connectivity index (χ1) is 9.30. The second-order valence-electron chi connectivity index (χ2n) is 5.50. The quantitative estimate of drug-likeness (QED) is 0.707. The molecular formula is C14H20N2O4. The molecule has 1 aromatic heterocycles. The Bertz CT molecular complexity index is 486. The molecule has 0 radical (unpaired) electrons. The van der Waals surface area contributed by atoms with E-state index in [4.69, 9.17) is 5.11 Å². The van der Waals surface area contributed by atoms with Crippen LogP contribution in [0.25, 0.3) is 0 Å². The van der Waals surface area contributed by atoms with Gasteiger partial charge in [0.1, 0.15) is 5.75 Å². The van der Waals surface area contributed by atoms with Crippen LogP contribution in [0.1, 0.15) is 43.5 Å². The van der Waals surface area contributed by atoms with Crippen LogP contribution in [0.5, 0.6) is 5.75 Å². The third-order valence-corrected chi connectivity index (χ3v) is 3.09. The van der Waals surface area contributed by atoms with Gasteiger partial charge in [-0.15, -0.1) is 0 Å². The van der Waals surface area contributed by atoms with Gasteiger partial charge in [0.2, 0.25) is 0 Å². The van der Waals surface area contributed by atoms with Crippen LogP contribution in [0.15, 0.2) is 18.5 Å². The van der Waals surface area contributed by atoms with Crippen LogP contribution < -0.4 is 5.32 Å². The number of carbonyl (C=O) groups excluding carboxylic acids is 1. The smallest absolute Gasteiger partial charge is 0.303 e. The van der Waals surface area contributed by atoms with Gasteiger partial charge in [0.15, 0.2) is 0 Å². The summed E-state index contributed by atoms with van der Waals surface area (Å²) in [5.41, 5.74) is 0.149. The maximum atomic E-state index is 11.8. The van der Waals surface area contributed by atoms with Crippen molar-refractivity contribution in [3.63, 3.8) is 0 Å². The number of rotatable bonds is 7. The number of hydrogen-bond donors (Lipinski definition) is 3. The molecule has 0 aliphatic rings. The molecule has 0 unspecified atom stereocenters. The zero-order valence-electron chi connectivity index (χ0n) is 11.7. The fourth-order valence-corrected chi connectivity index (χ4v) is 1.74. The monoisotopic (exact) mass is 280 g/mol. The van der Waals surface area contributed by atoms with Crippen LogP contribution >= 0.6 is 0 Å². The number of nitrogens with one attached hydrogen (secondary N) is 1. The molecule has 0 aliphatic carbocycles. The van der Waals surface area contributed by atoms with E-state index in [1.807, 2.05) is 13.8 Å². The summed E-state index contributed by atoms with van der Waals surface area (Å²) >= 11 is 0. The van der Waals surface area contributed by atoms with Crippen LogP contribution in [0, 0.1) is 5.41 Å². The largest absolute Gasteiger partial charge is 0.506 e. The first-order valence-corrected chi connectivity index (χ1v) is 6.44. The second-order valence-corrected chi connectivity index (χ2v) is 5.50. The minimum atomic E-state index is -0.812. The van der Waals surface area contributed by atoms with Gasteiger partial charge in [0.05, 0.1) is 11.8 Å². The van der Waals surface area contributed by atoms with E-state index in [1.54, 1.807) is 0 Å². The molecule has 6 nitrogen and oxygen atoms in total. The van der Waals surface area contributed by atoms with Gasteiger partial charge in [-0.05, 0) is 24.3 Å². The number of amides is 1. The molecule has 0 saturated heterocycles. The lowest BCUT2D eigenvalue weighted by Gasteiger charge is -2.23. The summed E-state index contributed by atoms with van der Waals surface area (Å²) in [6.45, 7) is 4.39. The van der Waals surface area contributed by atoms with Crippen molar-refractivity contribution in [1.82, 2.24) is 10.3 Å². The summed E-state index contributed by atoms with van der Waals surface area (Å²) in [6, 6.07) is 1.35. The zero-order chi connectivity index (χ0) is 15.2. The molecule has 0 saturated carbocycles. The zero-order valence-corrected chi connectivity index (χ0v) is 11.7. The van der Waals surface area contributed by atoms with E-state index in [2.05, 4.69) is 10.3 Å². The fourth-order valence-electron chi connectivity index (χ4n) is 1.74. The Hall–Kier alpha value is -2.11. The Labute approximate surface area is 117 Å². The van der Waals surface area contributed by atoms with Crippen molar-refractivity contribution < 1.29 is 19.8 Å². The van der Waals surface area contributed by atoms with Crippen LogP contribution in [0.2, 0.25) is 0 Å². The lowest BCUT2D eigenvalue weighted by molar-refractivity contribution is -0.137. The van der Waals surface area contributed by atoms with Crippen LogP contribution in [-0.4, -0.2) is 33.6 Å². The van der Waals surface area contributed by atoms with Crippen molar-refractivity contribution in [2.24, 2.45) is 5.41 Å². The predicted octanol–water partition coefficient (Wildman–Crippen LogP) is 1.80. The Morgan fingerprint density at radius 2 is 2.00 bits per heavy atom. The molecule has 0 bridgehead atoms. The average molecular weight is 280 g/mol. The standard InChI is InChI=1S/C14H20N2O4/c1-14(2,4-3-12(18)19)5-6-16-13(20)10-7-11(17)9-15-8-10/h7-9,17H,3-6H2,1-2H3,(H,16,20)(H,18,19). The van der Waals surface area contributed by atoms with Crippen molar-refractivity contribution >= 4 is 11.9 Å². The first kappa shape index (κ1) is 15.9. The van der Waals surface area contributed by atoms with E-state index in [0.717, 1.165) is 0 Å². The van der Waals surface area contributed by atoms with E-state index in [-0.39, 0.29) is 23.5 Å². The van der Waals surface area contributed by atoms with Crippen LogP contribution in [0.4, 0.5) is 0 Å². The first-order valence-electron chi connectivity index (χ1n) is 6.44. The Morgan fingerprint density at radius 3 is 2.60 bits per heavy atom. The molecule has 110 valence electrons. The van der Waals surface area contributed by atoms with Crippen molar-refractivity contribution in [2.45, 2.75) is 33.1 Å². The van der Waals surface area contributed by atoms with Gasteiger partial charge in [0.25, 0.3) is 5.91 Å². The highest BCUT2D eigenvalue weighted by Crippen LogP contribution is 2.26.